The third kappa shape index (κ3) is 24.2. The predicted octanol–water partition coefficient (Wildman–Crippen LogP) is -22.1. The van der Waals surface area contributed by atoms with E-state index < -0.39 is 409 Å². The molecule has 746 valence electrons. The van der Waals surface area contributed by atoms with Gasteiger partial charge in [0.05, 0.1) is 84.8 Å². The normalized spacial score (nSPS) is 47.8. The van der Waals surface area contributed by atoms with Gasteiger partial charge in [-0.3, -0.25) is 24.0 Å². The molecule has 129 heavy (non-hydrogen) atoms. The van der Waals surface area contributed by atoms with Gasteiger partial charge in [-0.25, -0.2) is 0 Å². The van der Waals surface area contributed by atoms with Gasteiger partial charge < -0.3 is 259 Å². The van der Waals surface area contributed by atoms with Crippen molar-refractivity contribution in [3.05, 3.63) is 0 Å². The van der Waals surface area contributed by atoms with E-state index in [1.807, 2.05) is 0 Å². The molecule has 0 unspecified atom stereocenters. The molecule has 0 aromatic carbocycles. The summed E-state index contributed by atoms with van der Waals surface area (Å²) in [6, 6.07) is -9.01. The molecule has 0 aromatic rings. The molecule has 57 heteroatoms. The van der Waals surface area contributed by atoms with Crippen molar-refractivity contribution in [2.45, 2.75) is 347 Å². The van der Waals surface area contributed by atoms with Crippen molar-refractivity contribution in [2.24, 2.45) is 0 Å². The number of rotatable bonds is 37. The first kappa shape index (κ1) is 107. The van der Waals surface area contributed by atoms with Crippen LogP contribution in [0.3, 0.4) is 0 Å². The van der Waals surface area contributed by atoms with Gasteiger partial charge in [-0.15, -0.1) is 0 Å². The molecular formula is C72H121N5O52. The van der Waals surface area contributed by atoms with Gasteiger partial charge in [0.15, 0.2) is 62.9 Å². The number of nitrogens with one attached hydrogen (secondary N) is 5. The second kappa shape index (κ2) is 47.5. The number of aliphatic hydroxyl groups is 27. The minimum absolute atomic E-state index is 0.231. The van der Waals surface area contributed by atoms with Gasteiger partial charge in [-0.1, -0.05) is 0 Å². The van der Waals surface area contributed by atoms with E-state index in [2.05, 4.69) is 26.6 Å². The number of amides is 5. The zero-order valence-electron chi connectivity index (χ0n) is 69.6. The molecule has 51 atom stereocenters. The topological polar surface area (TPSA) is 876 Å². The molecule has 10 aliphatic rings. The van der Waals surface area contributed by atoms with Gasteiger partial charge in [-0.05, 0) is 6.92 Å². The second-order valence-corrected chi connectivity index (χ2v) is 32.4. The zero-order chi connectivity index (χ0) is 94.9. The van der Waals surface area contributed by atoms with Crippen LogP contribution in [0.15, 0.2) is 0 Å². The lowest BCUT2D eigenvalue weighted by Crippen LogP contribution is -2.71. The molecule has 0 aliphatic carbocycles. The lowest BCUT2D eigenvalue weighted by Gasteiger charge is -2.51. The molecule has 10 heterocycles. The van der Waals surface area contributed by atoms with E-state index in [-0.39, 0.29) is 6.41 Å². The highest BCUT2D eigenvalue weighted by Crippen LogP contribution is 2.41. The van der Waals surface area contributed by atoms with Crippen LogP contribution in [0, 0.1) is 0 Å². The molecule has 0 aromatic heterocycles. The summed E-state index contributed by atoms with van der Waals surface area (Å²) in [5.74, 6) is -3.97. The van der Waals surface area contributed by atoms with Crippen LogP contribution >= 0.6 is 0 Å². The minimum Gasteiger partial charge on any atom is -0.394 e. The first-order valence-corrected chi connectivity index (χ1v) is 41.2. The Morgan fingerprint density at radius 2 is 0.558 bits per heavy atom. The molecule has 0 saturated carbocycles. The Labute approximate surface area is 731 Å². The van der Waals surface area contributed by atoms with Crippen molar-refractivity contribution in [1.82, 2.24) is 26.6 Å². The largest absolute Gasteiger partial charge is 0.394 e. The minimum atomic E-state index is -2.66. The van der Waals surface area contributed by atoms with Crippen LogP contribution in [0.2, 0.25) is 0 Å². The lowest BCUT2D eigenvalue weighted by atomic mass is 9.93. The molecule has 10 fully saturated rings. The summed E-state index contributed by atoms with van der Waals surface area (Å²) in [4.78, 5) is 64.0. The van der Waals surface area contributed by atoms with Crippen molar-refractivity contribution in [1.29, 1.82) is 0 Å². The Morgan fingerprint density at radius 1 is 0.271 bits per heavy atom. The van der Waals surface area contributed by atoms with Crippen molar-refractivity contribution in [2.75, 3.05) is 72.7 Å². The number of carbonyl (C=O) groups is 5. The van der Waals surface area contributed by atoms with E-state index in [1.54, 1.807) is 0 Å². The van der Waals surface area contributed by atoms with Gasteiger partial charge in [0.1, 0.15) is 238 Å². The summed E-state index contributed by atoms with van der Waals surface area (Å²) < 4.78 is 119. The molecular weight excluding hydrogens is 1770 g/mol. The Morgan fingerprint density at radius 3 is 0.961 bits per heavy atom. The molecule has 10 saturated heterocycles. The van der Waals surface area contributed by atoms with Crippen molar-refractivity contribution >= 4 is 30.0 Å². The van der Waals surface area contributed by atoms with Gasteiger partial charge in [0.2, 0.25) is 30.0 Å². The number of aliphatic hydroxyl groups excluding tert-OH is 27. The van der Waals surface area contributed by atoms with Crippen LogP contribution < -0.4 is 26.6 Å². The van der Waals surface area contributed by atoms with Gasteiger partial charge in [0.25, 0.3) is 0 Å². The summed E-state index contributed by atoms with van der Waals surface area (Å²) in [6.45, 7) is -6.59. The fourth-order valence-electron chi connectivity index (χ4n) is 16.5. The maximum Gasteiger partial charge on any atom is 0.217 e. The fraction of sp³-hybridized carbons (Fsp3) is 0.931. The molecule has 32 N–H and O–H groups in total. The first-order chi connectivity index (χ1) is 61.2. The van der Waals surface area contributed by atoms with Crippen LogP contribution in [0.5, 0.6) is 0 Å². The molecule has 0 radical (unpaired) electrons. The van der Waals surface area contributed by atoms with E-state index in [9.17, 15) is 162 Å². The summed E-state index contributed by atoms with van der Waals surface area (Å²) in [6.07, 6.45) is -96.7. The quantitative estimate of drug-likeness (QED) is 0.0257. The van der Waals surface area contributed by atoms with E-state index in [0.717, 1.165) is 27.7 Å². The van der Waals surface area contributed by atoms with Crippen LogP contribution in [-0.4, -0.2) is 553 Å². The van der Waals surface area contributed by atoms with Crippen molar-refractivity contribution < 1.29 is 257 Å². The van der Waals surface area contributed by atoms with Gasteiger partial charge >= 0.3 is 0 Å². The average Bonchev–Trinajstić information content (AvgIpc) is 0.762. The number of hydrogen-bond acceptors (Lipinski definition) is 52. The maximum absolute atomic E-state index is 13.6. The van der Waals surface area contributed by atoms with E-state index in [4.69, 9.17) is 94.7 Å². The van der Waals surface area contributed by atoms with Crippen LogP contribution in [0.1, 0.15) is 34.6 Å². The van der Waals surface area contributed by atoms with Crippen molar-refractivity contribution in [3.63, 3.8) is 0 Å². The Hall–Kier alpha value is -4.53. The highest BCUT2D eigenvalue weighted by molar-refractivity contribution is 5.74. The fourth-order valence-corrected chi connectivity index (χ4v) is 16.5. The molecule has 0 bridgehead atoms. The predicted molar refractivity (Wildman–Crippen MR) is 398 cm³/mol. The maximum atomic E-state index is 13.6. The number of ether oxygens (including phenoxy) is 20. The third-order valence-electron chi connectivity index (χ3n) is 23.4. The smallest absolute Gasteiger partial charge is 0.217 e. The highest BCUT2D eigenvalue weighted by atomic mass is 16.8. The molecule has 10 aliphatic heterocycles. The summed E-state index contributed by atoms with van der Waals surface area (Å²) in [5.41, 5.74) is 0. The molecule has 5 amide bonds. The Balaban J connectivity index is 1.00. The monoisotopic (exact) mass is 1890 g/mol. The average molecular weight is 1890 g/mol. The van der Waals surface area contributed by atoms with Crippen LogP contribution in [0.25, 0.3) is 0 Å². The summed E-state index contributed by atoms with van der Waals surface area (Å²) in [5, 5.41) is 316. The number of hydrogen-bond donors (Lipinski definition) is 32. The van der Waals surface area contributed by atoms with E-state index >= 15 is 0 Å². The second-order valence-electron chi connectivity index (χ2n) is 32.4. The van der Waals surface area contributed by atoms with E-state index in [0.29, 0.717) is 0 Å². The lowest BCUT2D eigenvalue weighted by molar-refractivity contribution is -0.390. The third-order valence-corrected chi connectivity index (χ3v) is 23.4. The number of carbonyl (C=O) groups excluding carboxylic acids is 5. The Kier molecular flexibility index (Phi) is 39.2. The molecule has 10 rings (SSSR count). The summed E-state index contributed by atoms with van der Waals surface area (Å²) in [7, 11) is 0. The van der Waals surface area contributed by atoms with Gasteiger partial charge in [-0.2, -0.15) is 0 Å². The zero-order valence-corrected chi connectivity index (χ0v) is 69.6. The standard InChI is InChI=1S/C72H121N5O52/c1-18-37(92)47(102)50(105)68(112-18)129-62-48(103)39(94)25(8-80)119-72(62)125-56-34(75-20(3)89)63(113-26(9-81)40(56)95)111-16-32-45(100)61(128-66-35(76-21(4)90)57(41(96)27(10-82)116-66)123-70-53(108)59(43(98)30(13-85)118-70)126-64-33(74-19(2)88)46(101)38(93)24(7-79)114-64)54(109)71(121-32)124-58-36(77-22(5)91)65(115-28(11-83)42(58)97)127-60-44(99)29(12-84)117-69(52(60)107)122-55-31(14-86)120-67(51(106)49(55)104)110-15-23(6-78)73-17-87/h17-18,23-72,78-86,92-109H,6-16H2,1-5H3,(H,73,87)(H,74,88)(H,75,89)(H,76,90)(H,77,91)/t18-,23+,24+,25+,26+,27+,28+,29+,30+,31+,32+,33+,34+,35+,36+,37+,38-,39-,40+,41+,42+,43-,44-,45-,46+,47+,48-,49+,50-,51+,52+,53+,54+,55+,56+,57+,58+,59-,60-,61-,62+,63+,64+,65-,66-,67+,68-,69-,70-,71-,72-/m0/s1. The highest BCUT2D eigenvalue weighted by Gasteiger charge is 2.62. The van der Waals surface area contributed by atoms with Crippen LogP contribution in [-0.2, 0) is 119 Å². The molecule has 57 nitrogen and oxygen atoms in total. The SMILES string of the molecule is CC(=O)N[C@H]1[C@@H](O[C@H]2[C@@H](O)[C@@H](CO)O[C@@H](O[C@H]3[C@H](O)[C@@H](CO)O[C@@H](O[C@H]4[C@@H](O)[C@@H](CO[C@@H]5O[C@H](CO)[C@@H](O)[C@H](O[C@@H]6O[C@H](CO)[C@H](O)[C@H](O)[C@H]6O[C@@H]6O[C@@H](C)[C@@H](O)[C@@H](O)[C@@H]6O)[C@H]5NC(C)=O)O[C@@H](O[C@H]5[C@H](O)[C@@H](CO)O[C@@H](O[C@H]6[C@@H](O)[C@@H](CO)O[C@@H](O[C@H]7[C@H](O)[C@@H](O)[C@H](OC[C@@H](CO)NC=O)O[C@@H]7CO)[C@@H]6O)[C@@H]5NC(C)=O)[C@@H]4O)[C@@H]3NC(C)=O)[C@@H]2O)O[C@H](CO)[C@H](O)[C@@H]1O. The van der Waals surface area contributed by atoms with Gasteiger partial charge in [0, 0.05) is 27.7 Å². The Bertz CT molecular complexity index is 3480. The summed E-state index contributed by atoms with van der Waals surface area (Å²) >= 11 is 0. The first-order valence-electron chi connectivity index (χ1n) is 41.2. The van der Waals surface area contributed by atoms with Crippen LogP contribution in [0.4, 0.5) is 0 Å². The van der Waals surface area contributed by atoms with Crippen molar-refractivity contribution in [3.8, 4) is 0 Å². The molecule has 0 spiro atoms. The van der Waals surface area contributed by atoms with E-state index in [1.165, 1.54) is 6.92 Å².